The highest BCUT2D eigenvalue weighted by Crippen LogP contribution is 2.48. The summed E-state index contributed by atoms with van der Waals surface area (Å²) >= 11 is 0. The lowest BCUT2D eigenvalue weighted by molar-refractivity contribution is -0.117. The topological polar surface area (TPSA) is 69.7 Å². The molecule has 1 heterocycles. The van der Waals surface area contributed by atoms with Crippen LogP contribution in [0.5, 0.6) is 0 Å². The molecule has 29 heavy (non-hydrogen) atoms. The lowest BCUT2D eigenvalue weighted by atomic mass is 10.1. The maximum atomic E-state index is 13.9. The Morgan fingerprint density at radius 2 is 1.79 bits per heavy atom. The van der Waals surface area contributed by atoms with Gasteiger partial charge in [0, 0.05) is 37.8 Å². The third kappa shape index (κ3) is 4.19. The van der Waals surface area contributed by atoms with E-state index in [-0.39, 0.29) is 28.5 Å². The van der Waals surface area contributed by atoms with Crippen LogP contribution in [0.1, 0.15) is 17.9 Å². The summed E-state index contributed by atoms with van der Waals surface area (Å²) in [6.45, 7) is 2.27. The second kappa shape index (κ2) is 7.85. The summed E-state index contributed by atoms with van der Waals surface area (Å²) in [5.74, 6) is -0.946. The number of benzene rings is 2. The van der Waals surface area contributed by atoms with Crippen LogP contribution in [0.2, 0.25) is 0 Å². The highest BCUT2D eigenvalue weighted by molar-refractivity contribution is 7.89. The average molecular weight is 418 g/mol. The van der Waals surface area contributed by atoms with Gasteiger partial charge in [0.2, 0.25) is 15.9 Å². The van der Waals surface area contributed by atoms with E-state index in [9.17, 15) is 17.6 Å². The first-order valence-corrected chi connectivity index (χ1v) is 11.1. The van der Waals surface area contributed by atoms with E-state index in [1.165, 1.54) is 16.4 Å². The molecule has 0 spiro atoms. The Labute approximate surface area is 170 Å². The van der Waals surface area contributed by atoms with Crippen molar-refractivity contribution in [1.82, 2.24) is 9.21 Å². The monoisotopic (exact) mass is 417 g/mol. The van der Waals surface area contributed by atoms with Crippen molar-refractivity contribution in [3.8, 4) is 0 Å². The van der Waals surface area contributed by atoms with Crippen LogP contribution < -0.4 is 5.32 Å². The number of sulfonamides is 1. The zero-order valence-corrected chi connectivity index (χ0v) is 17.0. The number of nitrogens with zero attached hydrogens (tertiary/aromatic N) is 2. The van der Waals surface area contributed by atoms with Crippen LogP contribution in [0.4, 0.5) is 10.1 Å². The lowest BCUT2D eigenvalue weighted by Gasteiger charge is -2.31. The number of carbonyl (C=O) groups excluding carboxylic acids is 1. The summed E-state index contributed by atoms with van der Waals surface area (Å²) in [5, 5.41) is 2.79. The van der Waals surface area contributed by atoms with Crippen molar-refractivity contribution in [3.63, 3.8) is 0 Å². The molecule has 0 radical (unpaired) electrons. The van der Waals surface area contributed by atoms with Crippen LogP contribution >= 0.6 is 0 Å². The number of likely N-dealkylation sites (N-methyl/N-ethyl adjacent to an activating group) is 1. The lowest BCUT2D eigenvalue weighted by Crippen LogP contribution is -2.47. The average Bonchev–Trinajstić information content (AvgIpc) is 3.50. The van der Waals surface area contributed by atoms with Gasteiger partial charge < -0.3 is 10.2 Å². The minimum atomic E-state index is -3.60. The molecule has 1 aliphatic heterocycles. The Hall–Kier alpha value is -2.29. The van der Waals surface area contributed by atoms with Crippen LogP contribution in [-0.4, -0.2) is 56.8 Å². The molecular weight excluding hydrogens is 393 g/mol. The van der Waals surface area contributed by atoms with Gasteiger partial charge >= 0.3 is 0 Å². The summed E-state index contributed by atoms with van der Waals surface area (Å²) in [4.78, 5) is 14.8. The molecule has 2 fully saturated rings. The van der Waals surface area contributed by atoms with Crippen molar-refractivity contribution >= 4 is 21.6 Å². The van der Waals surface area contributed by atoms with Crippen LogP contribution in [0.3, 0.4) is 0 Å². The standard InChI is InChI=1S/C21H24FN3O3S/c1-24-9-11-25(12-10-24)29(27,28)16-6-4-5-15(13-16)23-21(26)19-14-18(19)17-7-2-3-8-20(17)22/h2-8,13,18-19H,9-12,14H2,1H3,(H,23,26). The first-order valence-electron chi connectivity index (χ1n) is 9.70. The van der Waals surface area contributed by atoms with Gasteiger partial charge in [0.1, 0.15) is 5.82 Å². The first kappa shape index (κ1) is 20.0. The van der Waals surface area contributed by atoms with Crippen molar-refractivity contribution in [2.75, 3.05) is 38.5 Å². The van der Waals surface area contributed by atoms with E-state index in [2.05, 4.69) is 10.2 Å². The highest BCUT2D eigenvalue weighted by atomic mass is 32.2. The first-order chi connectivity index (χ1) is 13.9. The molecule has 154 valence electrons. The Balaban J connectivity index is 1.44. The Morgan fingerprint density at radius 3 is 2.52 bits per heavy atom. The molecule has 2 aromatic rings. The number of hydrogen-bond donors (Lipinski definition) is 1. The van der Waals surface area contributed by atoms with Crippen LogP contribution in [0.25, 0.3) is 0 Å². The van der Waals surface area contributed by atoms with Gasteiger partial charge in [-0.2, -0.15) is 4.31 Å². The van der Waals surface area contributed by atoms with E-state index in [1.807, 2.05) is 7.05 Å². The third-order valence-electron chi connectivity index (χ3n) is 5.63. The SMILES string of the molecule is CN1CCN(S(=O)(=O)c2cccc(NC(=O)C3CC3c3ccccc3F)c2)CC1. The Morgan fingerprint density at radius 1 is 1.07 bits per heavy atom. The fraction of sp³-hybridized carbons (Fsp3) is 0.381. The summed E-state index contributed by atoms with van der Waals surface area (Å²) in [5.41, 5.74) is 0.989. The Bertz CT molecular complexity index is 1020. The van der Waals surface area contributed by atoms with Crippen molar-refractivity contribution in [1.29, 1.82) is 0 Å². The van der Waals surface area contributed by atoms with E-state index in [0.717, 1.165) is 0 Å². The van der Waals surface area contributed by atoms with E-state index in [0.29, 0.717) is 43.9 Å². The number of rotatable bonds is 5. The number of carbonyl (C=O) groups is 1. The predicted octanol–water partition coefficient (Wildman–Crippen LogP) is 2.50. The molecule has 1 saturated carbocycles. The van der Waals surface area contributed by atoms with Gasteiger partial charge in [0.15, 0.2) is 0 Å². The summed E-state index contributed by atoms with van der Waals surface area (Å²) in [6, 6.07) is 12.8. The van der Waals surface area contributed by atoms with Gasteiger partial charge in [-0.3, -0.25) is 4.79 Å². The fourth-order valence-corrected chi connectivity index (χ4v) is 5.22. The molecule has 8 heteroatoms. The van der Waals surface area contributed by atoms with Crippen LogP contribution in [0.15, 0.2) is 53.4 Å². The summed E-state index contributed by atoms with van der Waals surface area (Å²) in [6.07, 6.45) is 0.589. The maximum Gasteiger partial charge on any atom is 0.243 e. The molecule has 0 bridgehead atoms. The predicted molar refractivity (Wildman–Crippen MR) is 109 cm³/mol. The van der Waals surface area contributed by atoms with Crippen LogP contribution in [0, 0.1) is 11.7 Å². The second-order valence-electron chi connectivity index (χ2n) is 7.69. The second-order valence-corrected chi connectivity index (χ2v) is 9.63. The molecule has 4 rings (SSSR count). The molecule has 1 N–H and O–H groups in total. The third-order valence-corrected chi connectivity index (χ3v) is 7.53. The van der Waals surface area contributed by atoms with Gasteiger partial charge in [0.25, 0.3) is 0 Å². The van der Waals surface area contributed by atoms with Gasteiger partial charge in [0.05, 0.1) is 4.90 Å². The fourth-order valence-electron chi connectivity index (χ4n) is 3.75. The number of piperazine rings is 1. The Kier molecular flexibility index (Phi) is 5.42. The molecule has 1 saturated heterocycles. The maximum absolute atomic E-state index is 13.9. The molecule has 2 aliphatic rings. The van der Waals surface area contributed by atoms with Crippen molar-refractivity contribution in [3.05, 3.63) is 59.9 Å². The quantitative estimate of drug-likeness (QED) is 0.812. The van der Waals surface area contributed by atoms with Crippen LogP contribution in [-0.2, 0) is 14.8 Å². The number of hydrogen-bond acceptors (Lipinski definition) is 4. The number of halogens is 1. The highest BCUT2D eigenvalue weighted by Gasteiger charge is 2.45. The van der Waals surface area contributed by atoms with Gasteiger partial charge in [-0.25, -0.2) is 12.8 Å². The summed E-state index contributed by atoms with van der Waals surface area (Å²) < 4.78 is 41.2. The van der Waals surface area contributed by atoms with Gasteiger partial charge in [-0.15, -0.1) is 0 Å². The molecule has 0 aromatic heterocycles. The molecule has 2 aromatic carbocycles. The van der Waals surface area contributed by atoms with E-state index >= 15 is 0 Å². The van der Waals surface area contributed by atoms with E-state index in [1.54, 1.807) is 36.4 Å². The minimum absolute atomic E-state index is 0.131. The summed E-state index contributed by atoms with van der Waals surface area (Å²) in [7, 11) is -1.64. The minimum Gasteiger partial charge on any atom is -0.326 e. The van der Waals surface area contributed by atoms with Crippen molar-refractivity contribution in [2.24, 2.45) is 5.92 Å². The number of anilines is 1. The van der Waals surface area contributed by atoms with Crippen molar-refractivity contribution < 1.29 is 17.6 Å². The van der Waals surface area contributed by atoms with Gasteiger partial charge in [-0.1, -0.05) is 24.3 Å². The van der Waals surface area contributed by atoms with Gasteiger partial charge in [-0.05, 0) is 49.2 Å². The molecule has 6 nitrogen and oxygen atoms in total. The molecular formula is C21H24FN3O3S. The molecule has 2 unspecified atom stereocenters. The zero-order chi connectivity index (χ0) is 20.6. The largest absolute Gasteiger partial charge is 0.326 e. The van der Waals surface area contributed by atoms with E-state index in [4.69, 9.17) is 0 Å². The van der Waals surface area contributed by atoms with Crippen molar-refractivity contribution in [2.45, 2.75) is 17.2 Å². The zero-order valence-electron chi connectivity index (χ0n) is 16.2. The number of amides is 1. The normalized spacial score (nSPS) is 23.0. The molecule has 1 amide bonds. The molecule has 1 aliphatic carbocycles. The molecule has 2 atom stereocenters. The number of nitrogens with one attached hydrogen (secondary N) is 1. The smallest absolute Gasteiger partial charge is 0.243 e. The van der Waals surface area contributed by atoms with E-state index < -0.39 is 10.0 Å².